The summed E-state index contributed by atoms with van der Waals surface area (Å²) in [6, 6.07) is 59.2. The second-order valence-corrected chi connectivity index (χ2v) is 12.3. The maximum Gasteiger partial charge on any atom is 0.164 e. The lowest BCUT2D eigenvalue weighted by Crippen LogP contribution is -2.01. The molecule has 5 heteroatoms. The molecular formula is C46H28N4O. The van der Waals surface area contributed by atoms with E-state index in [1.807, 2.05) is 103 Å². The molecule has 0 saturated heterocycles. The highest BCUT2D eigenvalue weighted by molar-refractivity contribution is 6.13. The van der Waals surface area contributed by atoms with Gasteiger partial charge < -0.3 is 4.42 Å². The van der Waals surface area contributed by atoms with Gasteiger partial charge in [-0.1, -0.05) is 140 Å². The molecule has 0 atom stereocenters. The summed E-state index contributed by atoms with van der Waals surface area (Å²) in [7, 11) is 0. The number of fused-ring (bicyclic) bond motifs is 3. The SMILES string of the molecule is N#Cc1cccc(-c2ccc(-c3nc(-c4ccc5c(c4)oc4cccc(-c6ccccc6)c45)nc(-c4ccccc4-c4ccccc4)n3)cc2)c1. The molecule has 51 heavy (non-hydrogen) atoms. The lowest BCUT2D eigenvalue weighted by Gasteiger charge is -2.12. The number of benzene rings is 7. The van der Waals surface area contributed by atoms with E-state index in [2.05, 4.69) is 72.8 Å². The molecular weight excluding hydrogens is 625 g/mol. The molecule has 0 N–H and O–H groups in total. The Labute approximate surface area is 294 Å². The van der Waals surface area contributed by atoms with Crippen LogP contribution in [0.2, 0.25) is 0 Å². The van der Waals surface area contributed by atoms with E-state index in [1.165, 1.54) is 0 Å². The summed E-state index contributed by atoms with van der Waals surface area (Å²) >= 11 is 0. The summed E-state index contributed by atoms with van der Waals surface area (Å²) in [6.07, 6.45) is 0. The van der Waals surface area contributed by atoms with Crippen LogP contribution in [0.1, 0.15) is 5.56 Å². The van der Waals surface area contributed by atoms with Crippen LogP contribution in [-0.2, 0) is 0 Å². The van der Waals surface area contributed by atoms with Gasteiger partial charge in [0.2, 0.25) is 0 Å². The highest BCUT2D eigenvalue weighted by Gasteiger charge is 2.18. The van der Waals surface area contributed by atoms with E-state index < -0.39 is 0 Å². The highest BCUT2D eigenvalue weighted by atomic mass is 16.3. The molecule has 2 heterocycles. The predicted octanol–water partition coefficient (Wildman–Crippen LogP) is 11.6. The average Bonchev–Trinajstić information content (AvgIpc) is 3.60. The van der Waals surface area contributed by atoms with E-state index in [-0.39, 0.29) is 0 Å². The third kappa shape index (κ3) is 5.61. The maximum absolute atomic E-state index is 9.41. The Bertz CT molecular complexity index is 2750. The predicted molar refractivity (Wildman–Crippen MR) is 204 cm³/mol. The number of rotatable bonds is 6. The van der Waals surface area contributed by atoms with Crippen LogP contribution in [0.15, 0.2) is 174 Å². The third-order valence-electron chi connectivity index (χ3n) is 9.20. The second-order valence-electron chi connectivity index (χ2n) is 12.3. The van der Waals surface area contributed by atoms with Crippen LogP contribution >= 0.6 is 0 Å². The number of hydrogen-bond donors (Lipinski definition) is 0. The number of furan rings is 1. The molecule has 9 rings (SSSR count). The molecule has 0 aliphatic carbocycles. The van der Waals surface area contributed by atoms with Crippen LogP contribution < -0.4 is 0 Å². The van der Waals surface area contributed by atoms with Gasteiger partial charge in [-0.2, -0.15) is 5.26 Å². The summed E-state index contributed by atoms with van der Waals surface area (Å²) in [6.45, 7) is 0. The molecule has 0 amide bonds. The van der Waals surface area contributed by atoms with Crippen LogP contribution in [0.3, 0.4) is 0 Å². The summed E-state index contributed by atoms with van der Waals surface area (Å²) in [5.74, 6) is 1.69. The molecule has 0 saturated carbocycles. The minimum atomic E-state index is 0.550. The Morgan fingerprint density at radius 3 is 1.71 bits per heavy atom. The monoisotopic (exact) mass is 652 g/mol. The van der Waals surface area contributed by atoms with E-state index in [4.69, 9.17) is 19.4 Å². The fraction of sp³-hybridized carbons (Fsp3) is 0. The average molecular weight is 653 g/mol. The Balaban J connectivity index is 1.20. The van der Waals surface area contributed by atoms with Gasteiger partial charge in [0, 0.05) is 27.5 Å². The first-order valence-corrected chi connectivity index (χ1v) is 16.7. The smallest absolute Gasteiger partial charge is 0.164 e. The number of hydrogen-bond acceptors (Lipinski definition) is 5. The van der Waals surface area contributed by atoms with Gasteiger partial charge >= 0.3 is 0 Å². The van der Waals surface area contributed by atoms with Crippen LogP contribution in [0.4, 0.5) is 0 Å². The first kappa shape index (κ1) is 29.9. The van der Waals surface area contributed by atoms with Gasteiger partial charge in [-0.15, -0.1) is 0 Å². The lowest BCUT2D eigenvalue weighted by atomic mass is 9.98. The number of nitriles is 1. The van der Waals surface area contributed by atoms with Gasteiger partial charge in [0.1, 0.15) is 11.2 Å². The number of nitrogens with zero attached hydrogens (tertiary/aromatic N) is 4. The van der Waals surface area contributed by atoms with Crippen molar-refractivity contribution in [2.45, 2.75) is 0 Å². The van der Waals surface area contributed by atoms with Gasteiger partial charge in [-0.25, -0.2) is 15.0 Å². The molecule has 2 aromatic heterocycles. The van der Waals surface area contributed by atoms with Crippen molar-refractivity contribution in [2.75, 3.05) is 0 Å². The van der Waals surface area contributed by atoms with Crippen molar-refractivity contribution in [1.82, 2.24) is 15.0 Å². The third-order valence-corrected chi connectivity index (χ3v) is 9.20. The fourth-order valence-corrected chi connectivity index (χ4v) is 6.71. The van der Waals surface area contributed by atoms with Gasteiger partial charge in [-0.05, 0) is 63.7 Å². The quantitative estimate of drug-likeness (QED) is 0.179. The number of aromatic nitrogens is 3. The van der Waals surface area contributed by atoms with Crippen molar-refractivity contribution in [1.29, 1.82) is 5.26 Å². The molecule has 0 bridgehead atoms. The van der Waals surface area contributed by atoms with Crippen molar-refractivity contribution in [3.63, 3.8) is 0 Å². The Morgan fingerprint density at radius 1 is 0.392 bits per heavy atom. The molecule has 9 aromatic rings. The minimum Gasteiger partial charge on any atom is -0.456 e. The maximum atomic E-state index is 9.41. The van der Waals surface area contributed by atoms with Gasteiger partial charge in [0.25, 0.3) is 0 Å². The molecule has 0 fully saturated rings. The van der Waals surface area contributed by atoms with Gasteiger partial charge in [0.15, 0.2) is 17.5 Å². The topological polar surface area (TPSA) is 75.6 Å². The minimum absolute atomic E-state index is 0.550. The summed E-state index contributed by atoms with van der Waals surface area (Å²) in [4.78, 5) is 15.2. The molecule has 0 unspecified atom stereocenters. The first-order valence-electron chi connectivity index (χ1n) is 16.7. The molecule has 7 aromatic carbocycles. The van der Waals surface area contributed by atoms with E-state index in [9.17, 15) is 5.26 Å². The normalized spacial score (nSPS) is 11.1. The fourth-order valence-electron chi connectivity index (χ4n) is 6.71. The van der Waals surface area contributed by atoms with E-state index in [1.54, 1.807) is 0 Å². The summed E-state index contributed by atoms with van der Waals surface area (Å²) in [5, 5.41) is 11.5. The van der Waals surface area contributed by atoms with Crippen molar-refractivity contribution in [2.24, 2.45) is 0 Å². The molecule has 0 aliphatic rings. The van der Waals surface area contributed by atoms with Crippen LogP contribution in [0, 0.1) is 11.3 Å². The Hall–Kier alpha value is -7.16. The Morgan fingerprint density at radius 2 is 0.961 bits per heavy atom. The summed E-state index contributed by atoms with van der Waals surface area (Å²) in [5.41, 5.74) is 11.2. The zero-order chi connectivity index (χ0) is 34.1. The van der Waals surface area contributed by atoms with Gasteiger partial charge in [0.05, 0.1) is 11.6 Å². The van der Waals surface area contributed by atoms with E-state index in [0.29, 0.717) is 23.0 Å². The Kier molecular flexibility index (Phi) is 7.46. The highest BCUT2D eigenvalue weighted by Crippen LogP contribution is 2.39. The zero-order valence-corrected chi connectivity index (χ0v) is 27.4. The van der Waals surface area contributed by atoms with E-state index >= 15 is 0 Å². The van der Waals surface area contributed by atoms with Crippen LogP contribution in [0.5, 0.6) is 0 Å². The molecule has 0 aliphatic heterocycles. The zero-order valence-electron chi connectivity index (χ0n) is 27.4. The largest absolute Gasteiger partial charge is 0.456 e. The molecule has 5 nitrogen and oxygen atoms in total. The van der Waals surface area contributed by atoms with Gasteiger partial charge in [-0.3, -0.25) is 0 Å². The molecule has 0 spiro atoms. The molecule has 0 radical (unpaired) electrons. The van der Waals surface area contributed by atoms with Crippen LogP contribution in [-0.4, -0.2) is 15.0 Å². The molecule has 238 valence electrons. The van der Waals surface area contributed by atoms with E-state index in [0.717, 1.165) is 72.0 Å². The van der Waals surface area contributed by atoms with Crippen molar-refractivity contribution in [3.05, 3.63) is 175 Å². The second kappa shape index (κ2) is 12.7. The van der Waals surface area contributed by atoms with Crippen molar-refractivity contribution >= 4 is 21.9 Å². The van der Waals surface area contributed by atoms with Crippen molar-refractivity contribution < 1.29 is 4.42 Å². The van der Waals surface area contributed by atoms with Crippen LogP contribution in [0.25, 0.3) is 89.5 Å². The lowest BCUT2D eigenvalue weighted by molar-refractivity contribution is 0.669. The van der Waals surface area contributed by atoms with Crippen molar-refractivity contribution in [3.8, 4) is 73.6 Å². The standard InChI is InChI=1S/C46H28N4O/c47-29-30-11-9-16-35(27-30)31-21-23-34(24-22-31)44-48-45(50-46(49-44)39-18-8-7-17-37(39)32-12-3-1-4-13-32)36-25-26-40-42(28-36)51-41-20-10-19-38(43(40)41)33-14-5-2-6-15-33/h1-28H. The first-order chi connectivity index (χ1) is 25.2. The summed E-state index contributed by atoms with van der Waals surface area (Å²) < 4.78 is 6.46.